The van der Waals surface area contributed by atoms with Crippen LogP contribution in [0.2, 0.25) is 0 Å². The SMILES string of the molecule is Cc1cnc(C(=O)NC(C)C(Oc2ccc3c(cnn3-c3ccc(F)cc3)c2)c2cccc(F)c2)s1. The normalized spacial score (nSPS) is 12.9. The van der Waals surface area contributed by atoms with Gasteiger partial charge in [-0.05, 0) is 74.0 Å². The minimum atomic E-state index is -0.671. The Balaban J connectivity index is 1.43. The molecule has 0 aliphatic heterocycles. The maximum Gasteiger partial charge on any atom is 0.280 e. The smallest absolute Gasteiger partial charge is 0.280 e. The number of benzene rings is 3. The highest BCUT2D eigenvalue weighted by Crippen LogP contribution is 2.29. The predicted molar refractivity (Wildman–Crippen MR) is 135 cm³/mol. The second kappa shape index (κ2) is 9.87. The van der Waals surface area contributed by atoms with Gasteiger partial charge < -0.3 is 10.1 Å². The topological polar surface area (TPSA) is 69.0 Å². The van der Waals surface area contributed by atoms with Gasteiger partial charge in [-0.15, -0.1) is 11.3 Å². The van der Waals surface area contributed by atoms with Gasteiger partial charge in [0.25, 0.3) is 5.91 Å². The molecule has 0 spiro atoms. The summed E-state index contributed by atoms with van der Waals surface area (Å²) in [6.07, 6.45) is 2.67. The fourth-order valence-corrected chi connectivity index (χ4v) is 4.63. The third-order valence-corrected chi connectivity index (χ3v) is 6.59. The van der Waals surface area contributed by atoms with E-state index in [4.69, 9.17) is 4.74 Å². The number of amides is 1. The van der Waals surface area contributed by atoms with Crippen molar-refractivity contribution in [2.24, 2.45) is 0 Å². The van der Waals surface area contributed by atoms with E-state index >= 15 is 0 Å². The average molecular weight is 505 g/mol. The molecule has 0 fully saturated rings. The van der Waals surface area contributed by atoms with E-state index in [1.165, 1.54) is 35.6 Å². The number of nitrogens with one attached hydrogen (secondary N) is 1. The lowest BCUT2D eigenvalue weighted by atomic mass is 10.0. The molecule has 0 radical (unpaired) electrons. The van der Waals surface area contributed by atoms with E-state index in [2.05, 4.69) is 15.4 Å². The molecule has 3 aromatic carbocycles. The van der Waals surface area contributed by atoms with Crippen LogP contribution in [0, 0.1) is 18.6 Å². The fourth-order valence-electron chi connectivity index (χ4n) is 3.97. The van der Waals surface area contributed by atoms with Crippen molar-refractivity contribution in [3.05, 3.63) is 106 Å². The average Bonchev–Trinajstić information content (AvgIpc) is 3.49. The van der Waals surface area contributed by atoms with Gasteiger partial charge >= 0.3 is 0 Å². The number of ether oxygens (including phenoxy) is 1. The Morgan fingerprint density at radius 3 is 2.56 bits per heavy atom. The highest BCUT2D eigenvalue weighted by atomic mass is 32.1. The maximum absolute atomic E-state index is 14.1. The molecule has 1 amide bonds. The number of aromatic nitrogens is 3. The first-order valence-corrected chi connectivity index (χ1v) is 12.1. The molecule has 182 valence electrons. The number of thiazole rings is 1. The van der Waals surface area contributed by atoms with Crippen molar-refractivity contribution in [2.75, 3.05) is 0 Å². The largest absolute Gasteiger partial charge is 0.484 e. The Labute approximate surface area is 210 Å². The summed E-state index contributed by atoms with van der Waals surface area (Å²) in [5.41, 5.74) is 2.13. The summed E-state index contributed by atoms with van der Waals surface area (Å²) in [6, 6.07) is 17.2. The molecule has 6 nitrogen and oxygen atoms in total. The lowest BCUT2D eigenvalue weighted by Crippen LogP contribution is -2.39. The van der Waals surface area contributed by atoms with Gasteiger partial charge in [-0.2, -0.15) is 5.10 Å². The third kappa shape index (κ3) is 4.96. The molecule has 2 unspecified atom stereocenters. The molecule has 5 rings (SSSR count). The van der Waals surface area contributed by atoms with Crippen molar-refractivity contribution >= 4 is 28.1 Å². The number of aryl methyl sites for hydroxylation is 1. The minimum absolute atomic E-state index is 0.318. The van der Waals surface area contributed by atoms with E-state index < -0.39 is 18.0 Å². The molecule has 2 heterocycles. The van der Waals surface area contributed by atoms with E-state index in [9.17, 15) is 13.6 Å². The molecule has 9 heteroatoms. The molecule has 2 atom stereocenters. The van der Waals surface area contributed by atoms with E-state index in [0.29, 0.717) is 16.3 Å². The Kier molecular flexibility index (Phi) is 6.47. The first-order chi connectivity index (χ1) is 17.4. The second-order valence-corrected chi connectivity index (χ2v) is 9.62. The van der Waals surface area contributed by atoms with E-state index in [1.54, 1.807) is 54.3 Å². The van der Waals surface area contributed by atoms with Crippen LogP contribution in [-0.4, -0.2) is 26.7 Å². The van der Waals surface area contributed by atoms with Gasteiger partial charge in [0, 0.05) is 16.5 Å². The molecule has 0 bridgehead atoms. The zero-order valence-corrected chi connectivity index (χ0v) is 20.3. The number of nitrogens with zero attached hydrogens (tertiary/aromatic N) is 3. The van der Waals surface area contributed by atoms with E-state index in [-0.39, 0.29) is 11.7 Å². The molecular weight excluding hydrogens is 482 g/mol. The monoisotopic (exact) mass is 504 g/mol. The summed E-state index contributed by atoms with van der Waals surface area (Å²) in [6.45, 7) is 3.68. The van der Waals surface area contributed by atoms with Crippen LogP contribution in [0.5, 0.6) is 5.75 Å². The van der Waals surface area contributed by atoms with Crippen LogP contribution < -0.4 is 10.1 Å². The predicted octanol–water partition coefficient (Wildman–Crippen LogP) is 6.01. The Bertz CT molecular complexity index is 1530. The van der Waals surface area contributed by atoms with E-state index in [1.807, 2.05) is 19.1 Å². The Hall–Kier alpha value is -4.11. The van der Waals surface area contributed by atoms with Crippen LogP contribution in [-0.2, 0) is 0 Å². The summed E-state index contributed by atoms with van der Waals surface area (Å²) in [7, 11) is 0. The van der Waals surface area contributed by atoms with E-state index in [0.717, 1.165) is 21.5 Å². The van der Waals surface area contributed by atoms with Gasteiger partial charge in [0.15, 0.2) is 5.01 Å². The number of fused-ring (bicyclic) bond motifs is 1. The zero-order valence-electron chi connectivity index (χ0n) is 19.5. The summed E-state index contributed by atoms with van der Waals surface area (Å²) < 4.78 is 35.4. The van der Waals surface area contributed by atoms with Gasteiger partial charge in [-0.25, -0.2) is 18.4 Å². The zero-order chi connectivity index (χ0) is 25.2. The van der Waals surface area contributed by atoms with Gasteiger partial charge in [-0.1, -0.05) is 12.1 Å². The Morgan fingerprint density at radius 2 is 1.83 bits per heavy atom. The van der Waals surface area contributed by atoms with Crippen LogP contribution in [0.25, 0.3) is 16.6 Å². The first kappa shape index (κ1) is 23.6. The summed E-state index contributed by atoms with van der Waals surface area (Å²) in [5.74, 6) is -0.505. The van der Waals surface area contributed by atoms with Crippen molar-refractivity contribution in [1.29, 1.82) is 0 Å². The number of hydrogen-bond donors (Lipinski definition) is 1. The Morgan fingerprint density at radius 1 is 1.03 bits per heavy atom. The lowest BCUT2D eigenvalue weighted by molar-refractivity contribution is 0.0881. The molecule has 0 saturated heterocycles. The molecule has 5 aromatic rings. The van der Waals surface area contributed by atoms with Crippen LogP contribution in [0.15, 0.2) is 79.1 Å². The van der Waals surface area contributed by atoms with Crippen LogP contribution in [0.1, 0.15) is 33.3 Å². The van der Waals surface area contributed by atoms with Crippen molar-refractivity contribution in [2.45, 2.75) is 26.0 Å². The van der Waals surface area contributed by atoms with Crippen LogP contribution in [0.3, 0.4) is 0 Å². The number of hydrogen-bond acceptors (Lipinski definition) is 5. The highest BCUT2D eigenvalue weighted by Gasteiger charge is 2.25. The van der Waals surface area contributed by atoms with Gasteiger partial charge in [0.2, 0.25) is 0 Å². The lowest BCUT2D eigenvalue weighted by Gasteiger charge is -2.26. The van der Waals surface area contributed by atoms with Gasteiger partial charge in [0.1, 0.15) is 23.5 Å². The van der Waals surface area contributed by atoms with Crippen molar-refractivity contribution in [3.63, 3.8) is 0 Å². The molecular formula is C27H22F2N4O2S. The van der Waals surface area contributed by atoms with Crippen LogP contribution in [0.4, 0.5) is 8.78 Å². The third-order valence-electron chi connectivity index (χ3n) is 5.68. The summed E-state index contributed by atoms with van der Waals surface area (Å²) >= 11 is 1.30. The second-order valence-electron chi connectivity index (χ2n) is 8.39. The number of carbonyl (C=O) groups is 1. The van der Waals surface area contributed by atoms with Crippen molar-refractivity contribution in [1.82, 2.24) is 20.1 Å². The van der Waals surface area contributed by atoms with Gasteiger partial charge in [-0.3, -0.25) is 4.79 Å². The molecule has 0 aliphatic carbocycles. The van der Waals surface area contributed by atoms with Crippen LogP contribution >= 0.6 is 11.3 Å². The maximum atomic E-state index is 14.1. The summed E-state index contributed by atoms with van der Waals surface area (Å²) in [4.78, 5) is 17.8. The molecule has 0 saturated carbocycles. The highest BCUT2D eigenvalue weighted by molar-refractivity contribution is 7.13. The molecule has 2 aromatic heterocycles. The number of rotatable bonds is 7. The quantitative estimate of drug-likeness (QED) is 0.295. The number of carbonyl (C=O) groups excluding carboxylic acids is 1. The fraction of sp³-hybridized carbons (Fsp3) is 0.148. The molecule has 0 aliphatic rings. The minimum Gasteiger partial charge on any atom is -0.484 e. The number of halogens is 2. The molecule has 1 N–H and O–H groups in total. The molecule has 36 heavy (non-hydrogen) atoms. The van der Waals surface area contributed by atoms with Gasteiger partial charge in [0.05, 0.1) is 23.4 Å². The van der Waals surface area contributed by atoms with Crippen molar-refractivity contribution in [3.8, 4) is 11.4 Å². The first-order valence-electron chi connectivity index (χ1n) is 11.3. The summed E-state index contributed by atoms with van der Waals surface area (Å²) in [5, 5.41) is 8.51. The standard InChI is InChI=1S/C27H22F2N4O2S/c1-16-14-30-27(36-16)26(34)32-17(2)25(18-4-3-5-21(29)12-18)35-23-10-11-24-19(13-23)15-31-33(24)22-8-6-20(28)7-9-22/h3-15,17,25H,1-2H3,(H,32,34). The van der Waals surface area contributed by atoms with Crippen molar-refractivity contribution < 1.29 is 18.3 Å².